The monoisotopic (exact) mass is 211 g/mol. The summed E-state index contributed by atoms with van der Waals surface area (Å²) in [5.74, 6) is 1.31. The van der Waals surface area contributed by atoms with Gasteiger partial charge in [0.05, 0.1) is 11.6 Å². The lowest BCUT2D eigenvalue weighted by Crippen LogP contribution is -2.21. The summed E-state index contributed by atoms with van der Waals surface area (Å²) in [5.41, 5.74) is 1.92. The van der Waals surface area contributed by atoms with Gasteiger partial charge in [0, 0.05) is 18.8 Å². The van der Waals surface area contributed by atoms with Crippen molar-refractivity contribution in [2.45, 2.75) is 25.6 Å². The zero-order valence-electron chi connectivity index (χ0n) is 8.33. The van der Waals surface area contributed by atoms with Crippen molar-refractivity contribution in [3.05, 3.63) is 17.5 Å². The lowest BCUT2D eigenvalue weighted by atomic mass is 10.3. The molecule has 3 nitrogen and oxygen atoms in total. The molecule has 1 aliphatic heterocycles. The summed E-state index contributed by atoms with van der Waals surface area (Å²) in [6.07, 6.45) is 2.49. The second kappa shape index (κ2) is 4.13. The average Bonchev–Trinajstić information content (AvgIpc) is 2.69. The molecule has 1 saturated heterocycles. The molecule has 0 amide bonds. The van der Waals surface area contributed by atoms with Crippen LogP contribution >= 0.6 is 11.6 Å². The Bertz CT molecular complexity index is 321. The zero-order chi connectivity index (χ0) is 9.97. The number of hydrogen-bond acceptors (Lipinski definition) is 3. The van der Waals surface area contributed by atoms with E-state index in [2.05, 4.69) is 14.9 Å². The second-order valence-electron chi connectivity index (χ2n) is 3.63. The molecule has 0 saturated carbocycles. The molecule has 2 rings (SSSR count). The van der Waals surface area contributed by atoms with Gasteiger partial charge in [0.25, 0.3) is 0 Å². The Balaban J connectivity index is 2.27. The van der Waals surface area contributed by atoms with E-state index in [-0.39, 0.29) is 0 Å². The van der Waals surface area contributed by atoms with Crippen LogP contribution in [-0.4, -0.2) is 23.1 Å². The van der Waals surface area contributed by atoms with Crippen molar-refractivity contribution in [1.82, 2.24) is 9.97 Å². The molecular formula is C10H14ClN3. The van der Waals surface area contributed by atoms with Crippen LogP contribution in [0, 0.1) is 6.92 Å². The molecule has 1 aromatic rings. The SMILES string of the molecule is Cc1cc(CCl)nc(N2CCCC2)n1. The Hall–Kier alpha value is -0.830. The van der Waals surface area contributed by atoms with E-state index in [1.54, 1.807) is 0 Å². The lowest BCUT2D eigenvalue weighted by molar-refractivity contribution is 0.876. The molecule has 2 heterocycles. The molecule has 0 aliphatic carbocycles. The van der Waals surface area contributed by atoms with Crippen molar-refractivity contribution >= 4 is 17.5 Å². The highest BCUT2D eigenvalue weighted by molar-refractivity contribution is 6.16. The number of aromatic nitrogens is 2. The van der Waals surface area contributed by atoms with Crippen molar-refractivity contribution in [3.8, 4) is 0 Å². The number of anilines is 1. The number of halogens is 1. The van der Waals surface area contributed by atoms with Gasteiger partial charge in [-0.15, -0.1) is 11.6 Å². The van der Waals surface area contributed by atoms with Crippen molar-refractivity contribution in [3.63, 3.8) is 0 Å². The first kappa shape index (κ1) is 9.71. The van der Waals surface area contributed by atoms with Crippen LogP contribution in [-0.2, 0) is 5.88 Å². The molecular weight excluding hydrogens is 198 g/mol. The molecule has 76 valence electrons. The molecule has 0 bridgehead atoms. The maximum absolute atomic E-state index is 5.77. The number of nitrogens with zero attached hydrogens (tertiary/aromatic N) is 3. The van der Waals surface area contributed by atoms with Crippen LogP contribution in [0.3, 0.4) is 0 Å². The van der Waals surface area contributed by atoms with Crippen molar-refractivity contribution in [2.75, 3.05) is 18.0 Å². The second-order valence-corrected chi connectivity index (χ2v) is 3.90. The van der Waals surface area contributed by atoms with E-state index < -0.39 is 0 Å². The summed E-state index contributed by atoms with van der Waals surface area (Å²) >= 11 is 5.77. The van der Waals surface area contributed by atoms with Crippen LogP contribution in [0.15, 0.2) is 6.07 Å². The van der Waals surface area contributed by atoms with E-state index in [1.165, 1.54) is 12.8 Å². The molecule has 0 aromatic carbocycles. The van der Waals surface area contributed by atoms with Crippen LogP contribution in [0.1, 0.15) is 24.2 Å². The largest absolute Gasteiger partial charge is 0.341 e. The quantitative estimate of drug-likeness (QED) is 0.702. The maximum Gasteiger partial charge on any atom is 0.225 e. The van der Waals surface area contributed by atoms with E-state index in [1.807, 2.05) is 13.0 Å². The summed E-state index contributed by atoms with van der Waals surface area (Å²) in [6, 6.07) is 1.94. The highest BCUT2D eigenvalue weighted by atomic mass is 35.5. The fourth-order valence-corrected chi connectivity index (χ4v) is 1.88. The summed E-state index contributed by atoms with van der Waals surface area (Å²) in [4.78, 5) is 11.1. The van der Waals surface area contributed by atoms with Gasteiger partial charge in [-0.1, -0.05) is 0 Å². The fraction of sp³-hybridized carbons (Fsp3) is 0.600. The molecule has 1 aliphatic rings. The number of aryl methyl sites for hydroxylation is 1. The van der Waals surface area contributed by atoms with E-state index in [4.69, 9.17) is 11.6 Å². The Morgan fingerprint density at radius 2 is 2.07 bits per heavy atom. The van der Waals surface area contributed by atoms with Gasteiger partial charge in [0.15, 0.2) is 0 Å². The summed E-state index contributed by atoms with van der Waals surface area (Å²) in [6.45, 7) is 4.13. The highest BCUT2D eigenvalue weighted by Crippen LogP contribution is 2.17. The minimum Gasteiger partial charge on any atom is -0.341 e. The predicted molar refractivity (Wildman–Crippen MR) is 57.8 cm³/mol. The normalized spacial score (nSPS) is 16.3. The van der Waals surface area contributed by atoms with Gasteiger partial charge in [0.2, 0.25) is 5.95 Å². The first-order valence-electron chi connectivity index (χ1n) is 4.95. The molecule has 0 radical (unpaired) electrons. The van der Waals surface area contributed by atoms with E-state index in [0.29, 0.717) is 5.88 Å². The Labute approximate surface area is 89.1 Å². The number of rotatable bonds is 2. The first-order chi connectivity index (χ1) is 6.79. The third-order valence-electron chi connectivity index (χ3n) is 2.42. The molecule has 1 aromatic heterocycles. The number of hydrogen-bond donors (Lipinski definition) is 0. The summed E-state index contributed by atoms with van der Waals surface area (Å²) in [7, 11) is 0. The highest BCUT2D eigenvalue weighted by Gasteiger charge is 2.15. The average molecular weight is 212 g/mol. The minimum absolute atomic E-state index is 0.463. The van der Waals surface area contributed by atoms with Gasteiger partial charge in [0.1, 0.15) is 0 Å². The van der Waals surface area contributed by atoms with Crippen LogP contribution in [0.4, 0.5) is 5.95 Å². The van der Waals surface area contributed by atoms with Crippen LogP contribution in [0.5, 0.6) is 0 Å². The van der Waals surface area contributed by atoms with Crippen LogP contribution in [0.25, 0.3) is 0 Å². The minimum atomic E-state index is 0.463. The fourth-order valence-electron chi connectivity index (χ4n) is 1.74. The van der Waals surface area contributed by atoms with Gasteiger partial charge >= 0.3 is 0 Å². The van der Waals surface area contributed by atoms with Crippen molar-refractivity contribution in [1.29, 1.82) is 0 Å². The molecule has 0 atom stereocenters. The molecule has 0 unspecified atom stereocenters. The van der Waals surface area contributed by atoms with Gasteiger partial charge in [-0.3, -0.25) is 0 Å². The van der Waals surface area contributed by atoms with Gasteiger partial charge in [-0.25, -0.2) is 9.97 Å². The maximum atomic E-state index is 5.77. The Morgan fingerprint density at radius 3 is 2.71 bits per heavy atom. The first-order valence-corrected chi connectivity index (χ1v) is 5.48. The number of alkyl halides is 1. The van der Waals surface area contributed by atoms with E-state index in [0.717, 1.165) is 30.4 Å². The van der Waals surface area contributed by atoms with Gasteiger partial charge < -0.3 is 4.90 Å². The Morgan fingerprint density at radius 1 is 1.36 bits per heavy atom. The summed E-state index contributed by atoms with van der Waals surface area (Å²) < 4.78 is 0. The summed E-state index contributed by atoms with van der Waals surface area (Å²) in [5, 5.41) is 0. The van der Waals surface area contributed by atoms with Crippen molar-refractivity contribution < 1.29 is 0 Å². The van der Waals surface area contributed by atoms with Crippen LogP contribution < -0.4 is 4.90 Å². The molecule has 1 fully saturated rings. The van der Waals surface area contributed by atoms with Crippen molar-refractivity contribution in [2.24, 2.45) is 0 Å². The van der Waals surface area contributed by atoms with Gasteiger partial charge in [-0.2, -0.15) is 0 Å². The van der Waals surface area contributed by atoms with Crippen LogP contribution in [0.2, 0.25) is 0 Å². The van der Waals surface area contributed by atoms with E-state index >= 15 is 0 Å². The topological polar surface area (TPSA) is 29.0 Å². The predicted octanol–water partition coefficient (Wildman–Crippen LogP) is 2.12. The molecule has 0 N–H and O–H groups in total. The third kappa shape index (κ3) is 1.98. The zero-order valence-corrected chi connectivity index (χ0v) is 9.09. The lowest BCUT2D eigenvalue weighted by Gasteiger charge is -2.15. The molecule has 4 heteroatoms. The molecule has 0 spiro atoms. The molecule has 14 heavy (non-hydrogen) atoms. The standard InChI is InChI=1S/C10H14ClN3/c1-8-6-9(7-11)13-10(12-8)14-4-2-3-5-14/h6H,2-5,7H2,1H3. The Kier molecular flexibility index (Phi) is 2.87. The van der Waals surface area contributed by atoms with Gasteiger partial charge in [-0.05, 0) is 25.8 Å². The third-order valence-corrected chi connectivity index (χ3v) is 2.70. The van der Waals surface area contributed by atoms with E-state index in [9.17, 15) is 0 Å². The smallest absolute Gasteiger partial charge is 0.225 e.